The Labute approximate surface area is 109 Å². The molecular weight excluding hydrogens is 222 g/mol. The van der Waals surface area contributed by atoms with Crippen LogP contribution in [-0.2, 0) is 6.54 Å². The van der Waals surface area contributed by atoms with E-state index in [0.29, 0.717) is 5.41 Å². The molecule has 1 heterocycles. The lowest BCUT2D eigenvalue weighted by Crippen LogP contribution is -2.10. The molecule has 0 aliphatic carbocycles. The van der Waals surface area contributed by atoms with Crippen molar-refractivity contribution < 1.29 is 0 Å². The van der Waals surface area contributed by atoms with E-state index in [-0.39, 0.29) is 0 Å². The molecule has 0 fully saturated rings. The van der Waals surface area contributed by atoms with Gasteiger partial charge < -0.3 is 5.73 Å². The molecule has 3 nitrogen and oxygen atoms in total. The molecule has 0 saturated heterocycles. The van der Waals surface area contributed by atoms with Gasteiger partial charge >= 0.3 is 0 Å². The second kappa shape index (κ2) is 4.84. The molecule has 96 valence electrons. The Bertz CT molecular complexity index is 521. The Kier molecular flexibility index (Phi) is 3.41. The van der Waals surface area contributed by atoms with E-state index < -0.39 is 0 Å². The van der Waals surface area contributed by atoms with Gasteiger partial charge in [-0.15, -0.1) is 0 Å². The number of benzene rings is 1. The highest BCUT2D eigenvalue weighted by Crippen LogP contribution is 2.22. The number of rotatable bonds is 3. The van der Waals surface area contributed by atoms with Crippen LogP contribution in [0.1, 0.15) is 27.2 Å². The Morgan fingerprint density at radius 3 is 2.67 bits per heavy atom. The first-order valence-corrected chi connectivity index (χ1v) is 6.32. The van der Waals surface area contributed by atoms with Gasteiger partial charge in [-0.2, -0.15) is 5.10 Å². The zero-order valence-corrected chi connectivity index (χ0v) is 11.4. The molecule has 2 aromatic rings. The van der Waals surface area contributed by atoms with Gasteiger partial charge in [0.05, 0.1) is 6.20 Å². The van der Waals surface area contributed by atoms with E-state index in [1.54, 1.807) is 0 Å². The summed E-state index contributed by atoms with van der Waals surface area (Å²) in [5.41, 5.74) is 9.16. The van der Waals surface area contributed by atoms with Crippen molar-refractivity contribution in [3.8, 4) is 11.1 Å². The molecule has 0 unspecified atom stereocenters. The fourth-order valence-electron chi connectivity index (χ4n) is 1.80. The normalized spacial score (nSPS) is 11.7. The van der Waals surface area contributed by atoms with E-state index in [1.807, 2.05) is 29.1 Å². The minimum Gasteiger partial charge on any atom is -0.399 e. The molecule has 0 aliphatic heterocycles. The molecule has 18 heavy (non-hydrogen) atoms. The summed E-state index contributed by atoms with van der Waals surface area (Å²) in [5, 5.41) is 4.40. The maximum atomic E-state index is 5.79. The average Bonchev–Trinajstić information content (AvgIpc) is 2.74. The lowest BCUT2D eigenvalue weighted by molar-refractivity contribution is 0.341. The highest BCUT2D eigenvalue weighted by atomic mass is 15.3. The van der Waals surface area contributed by atoms with Gasteiger partial charge in [0, 0.05) is 24.0 Å². The highest BCUT2D eigenvalue weighted by molar-refractivity contribution is 5.65. The molecule has 1 aromatic carbocycles. The van der Waals surface area contributed by atoms with Crippen molar-refractivity contribution in [2.45, 2.75) is 33.7 Å². The van der Waals surface area contributed by atoms with Gasteiger partial charge in [-0.05, 0) is 29.5 Å². The smallest absolute Gasteiger partial charge is 0.0568 e. The number of anilines is 1. The Balaban J connectivity index is 2.11. The summed E-state index contributed by atoms with van der Waals surface area (Å²) in [5.74, 6) is 0. The van der Waals surface area contributed by atoms with Crippen molar-refractivity contribution in [3.63, 3.8) is 0 Å². The summed E-state index contributed by atoms with van der Waals surface area (Å²) in [6.45, 7) is 7.69. The number of nitrogens with two attached hydrogens (primary N) is 1. The minimum absolute atomic E-state index is 0.337. The lowest BCUT2D eigenvalue weighted by atomic mass is 9.92. The van der Waals surface area contributed by atoms with Crippen LogP contribution < -0.4 is 5.73 Å². The number of aryl methyl sites for hydroxylation is 1. The monoisotopic (exact) mass is 243 g/mol. The predicted octanol–water partition coefficient (Wildman–Crippen LogP) is 3.57. The second-order valence-corrected chi connectivity index (χ2v) is 5.93. The molecule has 0 amide bonds. The third-order valence-electron chi connectivity index (χ3n) is 2.94. The first-order valence-electron chi connectivity index (χ1n) is 6.32. The van der Waals surface area contributed by atoms with Crippen LogP contribution in [0.3, 0.4) is 0 Å². The maximum Gasteiger partial charge on any atom is 0.0568 e. The van der Waals surface area contributed by atoms with Gasteiger partial charge in [0.2, 0.25) is 0 Å². The zero-order chi connectivity index (χ0) is 13.2. The predicted molar refractivity (Wildman–Crippen MR) is 76.1 cm³/mol. The first-order chi connectivity index (χ1) is 8.44. The third-order valence-corrected chi connectivity index (χ3v) is 2.94. The van der Waals surface area contributed by atoms with E-state index >= 15 is 0 Å². The minimum atomic E-state index is 0.337. The lowest BCUT2D eigenvalue weighted by Gasteiger charge is -2.17. The van der Waals surface area contributed by atoms with Crippen molar-refractivity contribution in [1.29, 1.82) is 0 Å². The van der Waals surface area contributed by atoms with Gasteiger partial charge in [0.1, 0.15) is 0 Å². The van der Waals surface area contributed by atoms with Crippen LogP contribution in [0.5, 0.6) is 0 Å². The van der Waals surface area contributed by atoms with Crippen molar-refractivity contribution >= 4 is 5.69 Å². The molecule has 0 atom stereocenters. The first kappa shape index (κ1) is 12.7. The zero-order valence-electron chi connectivity index (χ0n) is 11.4. The van der Waals surface area contributed by atoms with E-state index in [9.17, 15) is 0 Å². The summed E-state index contributed by atoms with van der Waals surface area (Å²) in [7, 11) is 0. The maximum absolute atomic E-state index is 5.79. The fraction of sp³-hybridized carbons (Fsp3) is 0.400. The van der Waals surface area contributed by atoms with Crippen LogP contribution in [0.15, 0.2) is 36.7 Å². The van der Waals surface area contributed by atoms with Gasteiger partial charge in [0.15, 0.2) is 0 Å². The Morgan fingerprint density at radius 1 is 1.22 bits per heavy atom. The summed E-state index contributed by atoms with van der Waals surface area (Å²) < 4.78 is 2.00. The topological polar surface area (TPSA) is 43.8 Å². The van der Waals surface area contributed by atoms with E-state index in [1.165, 1.54) is 0 Å². The molecule has 2 rings (SSSR count). The Morgan fingerprint density at radius 2 is 2.00 bits per heavy atom. The third kappa shape index (κ3) is 3.36. The molecule has 1 aromatic heterocycles. The second-order valence-electron chi connectivity index (χ2n) is 5.93. The number of hydrogen-bond donors (Lipinski definition) is 1. The van der Waals surface area contributed by atoms with Crippen molar-refractivity contribution in [2.75, 3.05) is 5.73 Å². The molecule has 0 spiro atoms. The molecule has 3 heteroatoms. The van der Waals surface area contributed by atoms with Gasteiger partial charge in [-0.1, -0.05) is 32.9 Å². The van der Waals surface area contributed by atoms with Gasteiger partial charge in [-0.25, -0.2) is 0 Å². The Hall–Kier alpha value is -1.77. The van der Waals surface area contributed by atoms with Crippen molar-refractivity contribution in [3.05, 3.63) is 36.7 Å². The number of hydrogen-bond acceptors (Lipinski definition) is 2. The van der Waals surface area contributed by atoms with E-state index in [0.717, 1.165) is 29.8 Å². The summed E-state index contributed by atoms with van der Waals surface area (Å²) >= 11 is 0. The number of aromatic nitrogens is 2. The number of nitrogen functional groups attached to an aromatic ring is 1. The van der Waals surface area contributed by atoms with Crippen LogP contribution in [-0.4, -0.2) is 9.78 Å². The van der Waals surface area contributed by atoms with Gasteiger partial charge in [-0.3, -0.25) is 4.68 Å². The van der Waals surface area contributed by atoms with Crippen LogP contribution in [0.4, 0.5) is 5.69 Å². The largest absolute Gasteiger partial charge is 0.399 e. The SMILES string of the molecule is CC(C)(C)CCn1cc(-c2cccc(N)c2)cn1. The summed E-state index contributed by atoms with van der Waals surface area (Å²) in [6, 6.07) is 7.90. The fourth-order valence-corrected chi connectivity index (χ4v) is 1.80. The molecule has 0 radical (unpaired) electrons. The molecule has 0 bridgehead atoms. The van der Waals surface area contributed by atoms with Crippen LogP contribution in [0, 0.1) is 5.41 Å². The molecular formula is C15H21N3. The van der Waals surface area contributed by atoms with Crippen LogP contribution >= 0.6 is 0 Å². The molecule has 0 saturated carbocycles. The standard InChI is InChI=1S/C15H21N3/c1-15(2,3)7-8-18-11-13(10-17-18)12-5-4-6-14(16)9-12/h4-6,9-11H,7-8,16H2,1-3H3. The quantitative estimate of drug-likeness (QED) is 0.837. The highest BCUT2D eigenvalue weighted by Gasteiger charge is 2.10. The number of nitrogens with zero attached hydrogens (tertiary/aromatic N) is 2. The molecule has 2 N–H and O–H groups in total. The average molecular weight is 243 g/mol. The van der Waals surface area contributed by atoms with Crippen LogP contribution in [0.2, 0.25) is 0 Å². The van der Waals surface area contributed by atoms with E-state index in [4.69, 9.17) is 5.73 Å². The summed E-state index contributed by atoms with van der Waals surface area (Å²) in [4.78, 5) is 0. The molecule has 0 aliphatic rings. The van der Waals surface area contributed by atoms with Crippen LogP contribution in [0.25, 0.3) is 11.1 Å². The van der Waals surface area contributed by atoms with Gasteiger partial charge in [0.25, 0.3) is 0 Å². The van der Waals surface area contributed by atoms with Crippen molar-refractivity contribution in [1.82, 2.24) is 9.78 Å². The van der Waals surface area contributed by atoms with E-state index in [2.05, 4.69) is 38.1 Å². The van der Waals surface area contributed by atoms with Crippen molar-refractivity contribution in [2.24, 2.45) is 5.41 Å². The summed E-state index contributed by atoms with van der Waals surface area (Å²) in [6.07, 6.45) is 5.10.